The molecule has 4 N–H and O–H groups in total. The molecular weight excluding hydrogens is 556 g/mol. The van der Waals surface area contributed by atoms with Crippen molar-refractivity contribution in [2.24, 2.45) is 5.92 Å². The molecule has 0 saturated heterocycles. The van der Waals surface area contributed by atoms with Crippen molar-refractivity contribution in [3.05, 3.63) is 72.4 Å². The van der Waals surface area contributed by atoms with Gasteiger partial charge in [-0.2, -0.15) is 0 Å². The molecule has 3 aromatic rings. The van der Waals surface area contributed by atoms with E-state index in [9.17, 15) is 24.6 Å². The predicted molar refractivity (Wildman–Crippen MR) is 170 cm³/mol. The Labute approximate surface area is 258 Å². The average molecular weight is 599 g/mol. The summed E-state index contributed by atoms with van der Waals surface area (Å²) in [6.45, 7) is 3.59. The summed E-state index contributed by atoms with van der Waals surface area (Å²) in [6.07, 6.45) is 5.82. The van der Waals surface area contributed by atoms with Crippen LogP contribution in [0, 0.1) is 5.92 Å². The zero-order chi connectivity index (χ0) is 31.5. The number of aromatic nitrogens is 1. The molecule has 0 unspecified atom stereocenters. The van der Waals surface area contributed by atoms with Crippen molar-refractivity contribution >= 4 is 23.7 Å². The fourth-order valence-corrected chi connectivity index (χ4v) is 7.04. The van der Waals surface area contributed by atoms with Crippen LogP contribution in [0.4, 0.5) is 10.6 Å². The number of nitrogens with one attached hydrogen (secondary N) is 2. The number of aliphatic hydroxyl groups is 1. The number of nitrogens with zero attached hydrogens (tertiary/aromatic N) is 2. The second-order valence-electron chi connectivity index (χ2n) is 12.7. The highest BCUT2D eigenvalue weighted by Gasteiger charge is 2.53. The smallest absolute Gasteiger partial charge is 0.405 e. The minimum atomic E-state index is -1.12. The van der Waals surface area contributed by atoms with Crippen molar-refractivity contribution in [1.82, 2.24) is 15.2 Å². The van der Waals surface area contributed by atoms with Crippen LogP contribution in [0.5, 0.6) is 0 Å². The van der Waals surface area contributed by atoms with Crippen molar-refractivity contribution in [2.45, 2.75) is 82.4 Å². The number of amides is 3. The van der Waals surface area contributed by atoms with Gasteiger partial charge < -0.3 is 25.7 Å². The lowest BCUT2D eigenvalue weighted by Crippen LogP contribution is -2.61. The Hall–Kier alpha value is -4.24. The Kier molecular flexibility index (Phi) is 9.06. The second-order valence-corrected chi connectivity index (χ2v) is 12.7. The molecule has 9 nitrogen and oxygen atoms in total. The van der Waals surface area contributed by atoms with Gasteiger partial charge in [0.1, 0.15) is 5.82 Å². The van der Waals surface area contributed by atoms with Gasteiger partial charge in [-0.05, 0) is 66.8 Å². The van der Waals surface area contributed by atoms with Crippen LogP contribution < -0.4 is 10.6 Å². The standard InChI is InChI=1S/C35H42N4O5/c1-4-32(41)39(3)27-16-10-23(11-17-27)18-31(40)37-30-19-28(24-8-6-5-7-9-24)29(20-36-30)25-12-14-26(15-13-25)35(38-33(42)43)21-34(2,44)22-35/h5-9,12-15,19-20,23,27,38,44H,4,10-11,16-18,21-22H2,1-3H3,(H,42,43)(H,36,37,40)/t23-,27-,34-,35+. The molecule has 2 aromatic carbocycles. The molecule has 0 bridgehead atoms. The van der Waals surface area contributed by atoms with E-state index in [4.69, 9.17) is 0 Å². The maximum absolute atomic E-state index is 13.1. The van der Waals surface area contributed by atoms with E-state index in [-0.39, 0.29) is 23.8 Å². The van der Waals surface area contributed by atoms with Crippen molar-refractivity contribution in [1.29, 1.82) is 0 Å². The predicted octanol–water partition coefficient (Wildman–Crippen LogP) is 6.18. The zero-order valence-electron chi connectivity index (χ0n) is 25.7. The van der Waals surface area contributed by atoms with E-state index in [1.54, 1.807) is 13.1 Å². The molecule has 0 atom stereocenters. The third-order valence-corrected chi connectivity index (χ3v) is 9.25. The molecule has 3 amide bonds. The van der Waals surface area contributed by atoms with Crippen molar-refractivity contribution in [3.63, 3.8) is 0 Å². The number of carbonyl (C=O) groups excluding carboxylic acids is 2. The molecule has 9 heteroatoms. The van der Waals surface area contributed by atoms with Gasteiger partial charge >= 0.3 is 6.09 Å². The van der Waals surface area contributed by atoms with Gasteiger partial charge in [0.05, 0.1) is 11.1 Å². The molecule has 1 aromatic heterocycles. The van der Waals surface area contributed by atoms with Gasteiger partial charge in [-0.25, -0.2) is 9.78 Å². The lowest BCUT2D eigenvalue weighted by Gasteiger charge is -2.51. The number of hydrogen-bond acceptors (Lipinski definition) is 5. The van der Waals surface area contributed by atoms with Crippen LogP contribution in [0.3, 0.4) is 0 Å². The lowest BCUT2D eigenvalue weighted by atomic mass is 9.62. The summed E-state index contributed by atoms with van der Waals surface area (Å²) in [7, 11) is 1.88. The zero-order valence-corrected chi connectivity index (χ0v) is 25.7. The van der Waals surface area contributed by atoms with Crippen LogP contribution in [-0.2, 0) is 15.1 Å². The summed E-state index contributed by atoms with van der Waals surface area (Å²) >= 11 is 0. The molecule has 0 spiro atoms. The molecule has 0 radical (unpaired) electrons. The normalized spacial score (nSPS) is 24.5. The molecule has 0 aliphatic heterocycles. The number of hydrogen-bond donors (Lipinski definition) is 4. The van der Waals surface area contributed by atoms with E-state index in [2.05, 4.69) is 15.6 Å². The van der Waals surface area contributed by atoms with Crippen LogP contribution >= 0.6 is 0 Å². The summed E-state index contributed by atoms with van der Waals surface area (Å²) in [4.78, 5) is 43.1. The van der Waals surface area contributed by atoms with E-state index < -0.39 is 17.2 Å². The van der Waals surface area contributed by atoms with Crippen LogP contribution in [0.2, 0.25) is 0 Å². The highest BCUT2D eigenvalue weighted by molar-refractivity contribution is 5.92. The Morgan fingerprint density at radius 1 is 0.955 bits per heavy atom. The second kappa shape index (κ2) is 12.8. The molecule has 44 heavy (non-hydrogen) atoms. The van der Waals surface area contributed by atoms with E-state index >= 15 is 0 Å². The van der Waals surface area contributed by atoms with Gasteiger partial charge in [-0.3, -0.25) is 9.59 Å². The van der Waals surface area contributed by atoms with Crippen LogP contribution in [0.1, 0.15) is 70.8 Å². The topological polar surface area (TPSA) is 132 Å². The minimum absolute atomic E-state index is 0.0670. The number of carboxylic acid groups (broad SMARTS) is 1. The van der Waals surface area contributed by atoms with Gasteiger partial charge in [0.25, 0.3) is 0 Å². The lowest BCUT2D eigenvalue weighted by molar-refractivity contribution is -0.132. The molecule has 2 saturated carbocycles. The first-order valence-electron chi connectivity index (χ1n) is 15.4. The summed E-state index contributed by atoms with van der Waals surface area (Å²) in [5.74, 6) is 0.860. The molecule has 232 valence electrons. The van der Waals surface area contributed by atoms with E-state index in [1.165, 1.54) is 0 Å². The SMILES string of the molecule is CCC(=O)N(C)[C@H]1CC[C@H](CC(=O)Nc2cc(-c3ccccc3)c(-c3ccc([C@]4(NC(=O)O)C[C@@](C)(O)C4)cc3)cn2)CC1. The third kappa shape index (κ3) is 6.94. The largest absolute Gasteiger partial charge is 0.465 e. The fourth-order valence-electron chi connectivity index (χ4n) is 7.04. The van der Waals surface area contributed by atoms with Crippen molar-refractivity contribution in [3.8, 4) is 22.3 Å². The number of rotatable bonds is 9. The first kappa shape index (κ1) is 31.2. The summed E-state index contributed by atoms with van der Waals surface area (Å²) in [5, 5.41) is 25.4. The Bertz CT molecular complexity index is 1490. The molecule has 2 aliphatic carbocycles. The number of carbonyl (C=O) groups is 3. The Balaban J connectivity index is 1.31. The summed E-state index contributed by atoms with van der Waals surface area (Å²) in [6, 6.07) is 19.7. The Morgan fingerprint density at radius 2 is 1.59 bits per heavy atom. The monoisotopic (exact) mass is 598 g/mol. The molecule has 1 heterocycles. The van der Waals surface area contributed by atoms with Gasteiger partial charge in [-0.15, -0.1) is 0 Å². The van der Waals surface area contributed by atoms with Crippen molar-refractivity contribution < 1.29 is 24.6 Å². The molecule has 2 fully saturated rings. The van der Waals surface area contributed by atoms with E-state index in [0.29, 0.717) is 31.5 Å². The van der Waals surface area contributed by atoms with Crippen LogP contribution in [0.25, 0.3) is 22.3 Å². The molecular formula is C35H42N4O5. The molecule has 2 aliphatic rings. The van der Waals surface area contributed by atoms with Gasteiger partial charge in [-0.1, -0.05) is 61.5 Å². The number of benzene rings is 2. The third-order valence-electron chi connectivity index (χ3n) is 9.25. The van der Waals surface area contributed by atoms with Gasteiger partial charge in [0, 0.05) is 50.5 Å². The maximum atomic E-state index is 13.1. The van der Waals surface area contributed by atoms with E-state index in [1.807, 2.05) is 79.5 Å². The number of pyridine rings is 1. The van der Waals surface area contributed by atoms with Gasteiger partial charge in [0.15, 0.2) is 0 Å². The average Bonchev–Trinajstić information content (AvgIpc) is 3.00. The highest BCUT2D eigenvalue weighted by atomic mass is 16.4. The fraction of sp³-hybridized carbons (Fsp3) is 0.429. The van der Waals surface area contributed by atoms with Crippen LogP contribution in [0.15, 0.2) is 66.9 Å². The Morgan fingerprint density at radius 3 is 2.18 bits per heavy atom. The van der Waals surface area contributed by atoms with Crippen molar-refractivity contribution in [2.75, 3.05) is 12.4 Å². The molecule has 5 rings (SSSR count). The number of anilines is 1. The van der Waals surface area contributed by atoms with Crippen LogP contribution in [-0.4, -0.2) is 56.7 Å². The quantitative estimate of drug-likeness (QED) is 0.233. The summed E-state index contributed by atoms with van der Waals surface area (Å²) < 4.78 is 0. The minimum Gasteiger partial charge on any atom is -0.465 e. The maximum Gasteiger partial charge on any atom is 0.405 e. The highest BCUT2D eigenvalue weighted by Crippen LogP contribution is 2.48. The first-order chi connectivity index (χ1) is 21.0. The van der Waals surface area contributed by atoms with Gasteiger partial charge in [0.2, 0.25) is 11.8 Å². The summed E-state index contributed by atoms with van der Waals surface area (Å²) in [5.41, 5.74) is 2.72. The van der Waals surface area contributed by atoms with E-state index in [0.717, 1.165) is 53.5 Å². The first-order valence-corrected chi connectivity index (χ1v) is 15.4.